The second-order valence-electron chi connectivity index (χ2n) is 5.85. The summed E-state index contributed by atoms with van der Waals surface area (Å²) in [5.41, 5.74) is 6.91. The van der Waals surface area contributed by atoms with Crippen LogP contribution in [0.25, 0.3) is 0 Å². The van der Waals surface area contributed by atoms with Crippen LogP contribution >= 0.6 is 0 Å². The van der Waals surface area contributed by atoms with E-state index in [1.165, 1.54) is 12.5 Å². The highest BCUT2D eigenvalue weighted by Crippen LogP contribution is 2.39. The van der Waals surface area contributed by atoms with Crippen molar-refractivity contribution >= 4 is 5.78 Å². The molecule has 104 valence electrons. The Bertz CT molecular complexity index is 464. The Labute approximate surface area is 114 Å². The molecule has 0 spiro atoms. The average molecular weight is 263 g/mol. The maximum Gasteiger partial charge on any atom is 0.166 e. The molecule has 1 aliphatic rings. The molecule has 0 atom stereocenters. The Hall–Kier alpha value is -1.22. The van der Waals surface area contributed by atoms with Crippen LogP contribution in [0, 0.1) is 18.2 Å². The van der Waals surface area contributed by atoms with Crippen LogP contribution in [-0.4, -0.2) is 12.3 Å². The number of nitrogens with two attached hydrogens (primary N) is 1. The van der Waals surface area contributed by atoms with Crippen molar-refractivity contribution in [1.29, 1.82) is 0 Å². The normalized spacial score (nSPS) is 18.3. The fourth-order valence-corrected chi connectivity index (χ4v) is 3.04. The van der Waals surface area contributed by atoms with Crippen molar-refractivity contribution in [3.05, 3.63) is 35.1 Å². The van der Waals surface area contributed by atoms with E-state index in [4.69, 9.17) is 5.73 Å². The predicted octanol–water partition coefficient (Wildman–Crippen LogP) is 3.62. The van der Waals surface area contributed by atoms with Gasteiger partial charge in [0, 0.05) is 6.42 Å². The van der Waals surface area contributed by atoms with E-state index in [9.17, 15) is 9.18 Å². The molecule has 2 nitrogen and oxygen atoms in total. The number of ketones is 1. The summed E-state index contributed by atoms with van der Waals surface area (Å²) in [6, 6.07) is 4.70. The Balaban J connectivity index is 2.17. The second-order valence-corrected chi connectivity index (χ2v) is 5.85. The fourth-order valence-electron chi connectivity index (χ4n) is 3.04. The lowest BCUT2D eigenvalue weighted by atomic mass is 9.70. The lowest BCUT2D eigenvalue weighted by Gasteiger charge is -2.35. The zero-order valence-electron chi connectivity index (χ0n) is 11.5. The number of hydrogen-bond acceptors (Lipinski definition) is 2. The Morgan fingerprint density at radius 1 is 1.32 bits per heavy atom. The molecule has 0 saturated heterocycles. The molecule has 0 bridgehead atoms. The lowest BCUT2D eigenvalue weighted by Crippen LogP contribution is -2.35. The summed E-state index contributed by atoms with van der Waals surface area (Å²) in [6.07, 6.45) is 5.82. The number of rotatable bonds is 4. The summed E-state index contributed by atoms with van der Waals surface area (Å²) >= 11 is 0. The van der Waals surface area contributed by atoms with Crippen molar-refractivity contribution in [2.24, 2.45) is 11.1 Å². The number of halogens is 1. The van der Waals surface area contributed by atoms with Crippen LogP contribution in [-0.2, 0) is 0 Å². The van der Waals surface area contributed by atoms with Gasteiger partial charge in [0.2, 0.25) is 0 Å². The minimum absolute atomic E-state index is 0.103. The molecule has 0 unspecified atom stereocenters. The van der Waals surface area contributed by atoms with Gasteiger partial charge in [-0.1, -0.05) is 30.9 Å². The van der Waals surface area contributed by atoms with E-state index >= 15 is 0 Å². The smallest absolute Gasteiger partial charge is 0.166 e. The third-order valence-electron chi connectivity index (χ3n) is 4.31. The second kappa shape index (κ2) is 5.83. The van der Waals surface area contributed by atoms with Gasteiger partial charge in [-0.25, -0.2) is 4.39 Å². The first-order valence-corrected chi connectivity index (χ1v) is 7.06. The van der Waals surface area contributed by atoms with E-state index in [-0.39, 0.29) is 16.8 Å². The van der Waals surface area contributed by atoms with E-state index in [0.717, 1.165) is 31.2 Å². The van der Waals surface area contributed by atoms with E-state index < -0.39 is 5.82 Å². The predicted molar refractivity (Wildman–Crippen MR) is 74.7 cm³/mol. The molecule has 19 heavy (non-hydrogen) atoms. The fraction of sp³-hybridized carbons (Fsp3) is 0.562. The highest BCUT2D eigenvalue weighted by Gasteiger charge is 2.33. The first kappa shape index (κ1) is 14.2. The molecule has 1 aliphatic carbocycles. The number of carbonyl (C=O) groups excluding carboxylic acids is 1. The minimum Gasteiger partial charge on any atom is -0.330 e. The monoisotopic (exact) mass is 263 g/mol. The van der Waals surface area contributed by atoms with Crippen LogP contribution in [0.1, 0.15) is 54.4 Å². The van der Waals surface area contributed by atoms with Crippen LogP contribution in [0.5, 0.6) is 0 Å². The maximum atomic E-state index is 13.8. The van der Waals surface area contributed by atoms with Gasteiger partial charge in [-0.2, -0.15) is 0 Å². The summed E-state index contributed by atoms with van der Waals surface area (Å²) in [6.45, 7) is 2.39. The first-order valence-electron chi connectivity index (χ1n) is 7.06. The van der Waals surface area contributed by atoms with Gasteiger partial charge in [0.25, 0.3) is 0 Å². The first-order chi connectivity index (χ1) is 9.06. The maximum absolute atomic E-state index is 13.8. The summed E-state index contributed by atoms with van der Waals surface area (Å²) in [5, 5.41) is 0. The molecule has 1 aromatic carbocycles. The van der Waals surface area contributed by atoms with Crippen LogP contribution in [0.2, 0.25) is 0 Å². The van der Waals surface area contributed by atoms with Gasteiger partial charge in [0.05, 0.1) is 5.56 Å². The Kier molecular flexibility index (Phi) is 4.35. The van der Waals surface area contributed by atoms with Crippen LogP contribution in [0.4, 0.5) is 4.39 Å². The summed E-state index contributed by atoms with van der Waals surface area (Å²) in [5.74, 6) is -0.521. The van der Waals surface area contributed by atoms with Gasteiger partial charge in [-0.05, 0) is 43.9 Å². The van der Waals surface area contributed by atoms with Gasteiger partial charge in [-0.3, -0.25) is 4.79 Å². The van der Waals surface area contributed by atoms with Crippen molar-refractivity contribution < 1.29 is 9.18 Å². The molecule has 0 aromatic heterocycles. The molecule has 0 heterocycles. The summed E-state index contributed by atoms with van der Waals surface area (Å²) in [7, 11) is 0. The molecule has 0 aliphatic heterocycles. The molecule has 1 aromatic rings. The van der Waals surface area contributed by atoms with Gasteiger partial charge >= 0.3 is 0 Å². The van der Waals surface area contributed by atoms with Crippen LogP contribution in [0.3, 0.4) is 0 Å². The molecule has 1 saturated carbocycles. The molecular weight excluding hydrogens is 241 g/mol. The highest BCUT2D eigenvalue weighted by molar-refractivity contribution is 5.97. The highest BCUT2D eigenvalue weighted by atomic mass is 19.1. The molecule has 2 rings (SSSR count). The summed E-state index contributed by atoms with van der Waals surface area (Å²) in [4.78, 5) is 12.4. The van der Waals surface area contributed by atoms with Gasteiger partial charge < -0.3 is 5.73 Å². The van der Waals surface area contributed by atoms with Crippen molar-refractivity contribution in [3.8, 4) is 0 Å². The lowest BCUT2D eigenvalue weighted by molar-refractivity contribution is 0.0864. The quantitative estimate of drug-likeness (QED) is 0.843. The zero-order valence-corrected chi connectivity index (χ0v) is 11.5. The standard InChI is InChI=1S/C16H22FNO/c1-12-5-6-14(17)13(9-12)15(19)10-16(11-18)7-3-2-4-8-16/h5-6,9H,2-4,7-8,10-11,18H2,1H3. The number of Topliss-reactive ketones (excluding diaryl/α,β-unsaturated/α-hetero) is 1. The molecule has 2 N–H and O–H groups in total. The third-order valence-corrected chi connectivity index (χ3v) is 4.31. The largest absolute Gasteiger partial charge is 0.330 e. The van der Waals surface area contributed by atoms with E-state index in [1.807, 2.05) is 6.92 Å². The van der Waals surface area contributed by atoms with Crippen molar-refractivity contribution in [2.45, 2.75) is 45.4 Å². The zero-order chi connectivity index (χ0) is 13.9. The van der Waals surface area contributed by atoms with Gasteiger partial charge in [-0.15, -0.1) is 0 Å². The van der Waals surface area contributed by atoms with E-state index in [1.54, 1.807) is 12.1 Å². The SMILES string of the molecule is Cc1ccc(F)c(C(=O)CC2(CN)CCCCC2)c1. The third kappa shape index (κ3) is 3.21. The number of carbonyl (C=O) groups is 1. The number of hydrogen-bond donors (Lipinski definition) is 1. The minimum atomic E-state index is -0.418. The molecule has 0 amide bonds. The van der Waals surface area contributed by atoms with Crippen molar-refractivity contribution in [3.63, 3.8) is 0 Å². The van der Waals surface area contributed by atoms with Crippen LogP contribution < -0.4 is 5.73 Å². The van der Waals surface area contributed by atoms with E-state index in [2.05, 4.69) is 0 Å². The number of benzene rings is 1. The Morgan fingerprint density at radius 3 is 2.63 bits per heavy atom. The van der Waals surface area contributed by atoms with Crippen molar-refractivity contribution in [2.75, 3.05) is 6.54 Å². The molecular formula is C16H22FNO. The topological polar surface area (TPSA) is 43.1 Å². The molecule has 0 radical (unpaired) electrons. The van der Waals surface area contributed by atoms with Gasteiger partial charge in [0.1, 0.15) is 5.82 Å². The van der Waals surface area contributed by atoms with Gasteiger partial charge in [0.15, 0.2) is 5.78 Å². The molecule has 1 fully saturated rings. The Morgan fingerprint density at radius 2 is 2.00 bits per heavy atom. The van der Waals surface area contributed by atoms with Crippen LogP contribution in [0.15, 0.2) is 18.2 Å². The van der Waals surface area contributed by atoms with Crippen molar-refractivity contribution in [1.82, 2.24) is 0 Å². The number of aryl methyl sites for hydroxylation is 1. The van der Waals surface area contributed by atoms with E-state index in [0.29, 0.717) is 13.0 Å². The molecule has 3 heteroatoms. The average Bonchev–Trinajstić information content (AvgIpc) is 2.42. The summed E-state index contributed by atoms with van der Waals surface area (Å²) < 4.78 is 13.8.